The average molecular weight is 354 g/mol. The molecule has 138 valence electrons. The Hall–Kier alpha value is -2.47. The molecule has 1 saturated heterocycles. The van der Waals surface area contributed by atoms with E-state index in [0.29, 0.717) is 24.2 Å². The number of carboxylic acid groups (broad SMARTS) is 1. The molecule has 0 amide bonds. The first-order valence-electron chi connectivity index (χ1n) is 9.27. The van der Waals surface area contributed by atoms with E-state index in [1.165, 1.54) is 5.56 Å². The van der Waals surface area contributed by atoms with Gasteiger partial charge in [0, 0.05) is 32.7 Å². The smallest absolute Gasteiger partial charge is 0.339 e. The lowest BCUT2D eigenvalue weighted by Gasteiger charge is -2.36. The van der Waals surface area contributed by atoms with Crippen molar-refractivity contribution >= 4 is 11.8 Å². The number of aromatic nitrogens is 2. The third-order valence-corrected chi connectivity index (χ3v) is 4.96. The SMILES string of the molecule is CCc1nnc(N2CCN(Cc3ccccc3)CC2)c(C(=O)O)c1CC. The lowest BCUT2D eigenvalue weighted by Crippen LogP contribution is -2.47. The maximum Gasteiger partial charge on any atom is 0.339 e. The van der Waals surface area contributed by atoms with Crippen molar-refractivity contribution in [2.24, 2.45) is 0 Å². The van der Waals surface area contributed by atoms with E-state index in [2.05, 4.69) is 44.3 Å². The molecule has 6 heteroatoms. The van der Waals surface area contributed by atoms with Crippen molar-refractivity contribution in [3.63, 3.8) is 0 Å². The fourth-order valence-corrected chi connectivity index (χ4v) is 3.57. The summed E-state index contributed by atoms with van der Waals surface area (Å²) in [6.07, 6.45) is 1.35. The van der Waals surface area contributed by atoms with E-state index in [1.54, 1.807) is 0 Å². The van der Waals surface area contributed by atoms with Crippen LogP contribution in [0.3, 0.4) is 0 Å². The first-order valence-corrected chi connectivity index (χ1v) is 9.27. The van der Waals surface area contributed by atoms with Crippen LogP contribution in [0, 0.1) is 0 Å². The minimum Gasteiger partial charge on any atom is -0.478 e. The Kier molecular flexibility index (Phi) is 5.83. The number of benzene rings is 1. The highest BCUT2D eigenvalue weighted by molar-refractivity contribution is 5.95. The standard InChI is InChI=1S/C20H26N4O2/c1-3-16-17(4-2)21-22-19(18(16)20(25)26)24-12-10-23(11-13-24)14-15-8-6-5-7-9-15/h5-9H,3-4,10-14H2,1-2H3,(H,25,26). The molecular formula is C20H26N4O2. The van der Waals surface area contributed by atoms with Crippen LogP contribution >= 0.6 is 0 Å². The largest absolute Gasteiger partial charge is 0.478 e. The maximum atomic E-state index is 11.9. The highest BCUT2D eigenvalue weighted by Crippen LogP contribution is 2.25. The number of rotatable bonds is 6. The lowest BCUT2D eigenvalue weighted by atomic mass is 10.0. The second kappa shape index (κ2) is 8.27. The van der Waals surface area contributed by atoms with Gasteiger partial charge in [0.1, 0.15) is 5.56 Å². The van der Waals surface area contributed by atoms with E-state index < -0.39 is 5.97 Å². The Morgan fingerprint density at radius 2 is 1.73 bits per heavy atom. The predicted molar refractivity (Wildman–Crippen MR) is 102 cm³/mol. The fraction of sp³-hybridized carbons (Fsp3) is 0.450. The number of carboxylic acids is 1. The minimum atomic E-state index is -0.909. The van der Waals surface area contributed by atoms with Crippen molar-refractivity contribution in [2.45, 2.75) is 33.2 Å². The van der Waals surface area contributed by atoms with Gasteiger partial charge in [-0.15, -0.1) is 5.10 Å². The van der Waals surface area contributed by atoms with E-state index in [4.69, 9.17) is 0 Å². The van der Waals surface area contributed by atoms with Crippen LogP contribution in [0.15, 0.2) is 30.3 Å². The van der Waals surface area contributed by atoms with Crippen LogP contribution in [-0.4, -0.2) is 52.4 Å². The summed E-state index contributed by atoms with van der Waals surface area (Å²) in [5.41, 5.74) is 3.23. The monoisotopic (exact) mass is 354 g/mol. The minimum absolute atomic E-state index is 0.329. The molecule has 1 N–H and O–H groups in total. The highest BCUT2D eigenvalue weighted by atomic mass is 16.4. The molecule has 1 aliphatic heterocycles. The van der Waals surface area contributed by atoms with E-state index in [0.717, 1.165) is 44.0 Å². The van der Waals surface area contributed by atoms with Gasteiger partial charge in [-0.3, -0.25) is 4.90 Å². The molecule has 3 rings (SSSR count). The van der Waals surface area contributed by atoms with Crippen LogP contribution in [0.2, 0.25) is 0 Å². The summed E-state index contributed by atoms with van der Waals surface area (Å²) in [5, 5.41) is 18.4. The van der Waals surface area contributed by atoms with E-state index >= 15 is 0 Å². The molecule has 26 heavy (non-hydrogen) atoms. The van der Waals surface area contributed by atoms with Crippen LogP contribution in [0.4, 0.5) is 5.82 Å². The lowest BCUT2D eigenvalue weighted by molar-refractivity contribution is 0.0695. The van der Waals surface area contributed by atoms with Gasteiger partial charge in [-0.25, -0.2) is 4.79 Å². The Morgan fingerprint density at radius 1 is 1.04 bits per heavy atom. The molecule has 0 atom stereocenters. The van der Waals surface area contributed by atoms with Gasteiger partial charge in [0.2, 0.25) is 0 Å². The second-order valence-corrected chi connectivity index (χ2v) is 6.58. The molecule has 0 saturated carbocycles. The number of nitrogens with zero attached hydrogens (tertiary/aromatic N) is 4. The molecule has 6 nitrogen and oxygen atoms in total. The van der Waals surface area contributed by atoms with Crippen molar-refractivity contribution in [3.05, 3.63) is 52.7 Å². The molecule has 0 unspecified atom stereocenters. The molecule has 1 fully saturated rings. The summed E-state index contributed by atoms with van der Waals surface area (Å²) in [6.45, 7) is 8.16. The van der Waals surface area contributed by atoms with E-state index in [1.807, 2.05) is 19.9 Å². The number of aromatic carboxylic acids is 1. The van der Waals surface area contributed by atoms with Crippen molar-refractivity contribution in [3.8, 4) is 0 Å². The molecule has 1 aliphatic rings. The van der Waals surface area contributed by atoms with Crippen LogP contribution in [0.25, 0.3) is 0 Å². The topological polar surface area (TPSA) is 69.6 Å². The Balaban J connectivity index is 1.76. The normalized spacial score (nSPS) is 15.2. The molecule has 1 aromatic carbocycles. The van der Waals surface area contributed by atoms with Crippen LogP contribution in [-0.2, 0) is 19.4 Å². The Labute approximate surface area is 154 Å². The zero-order valence-corrected chi connectivity index (χ0v) is 15.5. The number of anilines is 1. The zero-order valence-electron chi connectivity index (χ0n) is 15.5. The summed E-state index contributed by atoms with van der Waals surface area (Å²) in [4.78, 5) is 16.4. The molecule has 0 bridgehead atoms. The number of piperazine rings is 1. The number of hydrogen-bond acceptors (Lipinski definition) is 5. The van der Waals surface area contributed by atoms with E-state index in [-0.39, 0.29) is 0 Å². The van der Waals surface area contributed by atoms with Gasteiger partial charge in [-0.1, -0.05) is 44.2 Å². The molecular weight excluding hydrogens is 328 g/mol. The van der Waals surface area contributed by atoms with Crippen molar-refractivity contribution in [1.29, 1.82) is 0 Å². The number of carbonyl (C=O) groups is 1. The maximum absolute atomic E-state index is 11.9. The molecule has 0 aliphatic carbocycles. The Bertz CT molecular complexity index is 756. The highest BCUT2D eigenvalue weighted by Gasteiger charge is 2.26. The third kappa shape index (κ3) is 3.85. The van der Waals surface area contributed by atoms with Gasteiger partial charge in [0.15, 0.2) is 5.82 Å². The van der Waals surface area contributed by atoms with Gasteiger partial charge in [-0.2, -0.15) is 5.10 Å². The molecule has 0 radical (unpaired) electrons. The van der Waals surface area contributed by atoms with Crippen LogP contribution in [0.1, 0.15) is 41.0 Å². The van der Waals surface area contributed by atoms with Crippen molar-refractivity contribution < 1.29 is 9.90 Å². The quantitative estimate of drug-likeness (QED) is 0.860. The summed E-state index contributed by atoms with van der Waals surface area (Å²) < 4.78 is 0. The van der Waals surface area contributed by atoms with Crippen molar-refractivity contribution in [1.82, 2.24) is 15.1 Å². The zero-order chi connectivity index (χ0) is 18.5. The average Bonchev–Trinajstić information content (AvgIpc) is 2.68. The summed E-state index contributed by atoms with van der Waals surface area (Å²) >= 11 is 0. The fourth-order valence-electron chi connectivity index (χ4n) is 3.57. The predicted octanol–water partition coefficient (Wildman–Crippen LogP) is 2.62. The summed E-state index contributed by atoms with van der Waals surface area (Å²) in [6, 6.07) is 10.4. The summed E-state index contributed by atoms with van der Waals surface area (Å²) in [5.74, 6) is -0.390. The van der Waals surface area contributed by atoms with Gasteiger partial charge in [-0.05, 0) is 24.0 Å². The molecule has 1 aromatic heterocycles. The molecule has 2 aromatic rings. The van der Waals surface area contributed by atoms with Gasteiger partial charge in [0.25, 0.3) is 0 Å². The van der Waals surface area contributed by atoms with Gasteiger partial charge < -0.3 is 10.0 Å². The molecule has 2 heterocycles. The second-order valence-electron chi connectivity index (χ2n) is 6.58. The van der Waals surface area contributed by atoms with Crippen molar-refractivity contribution in [2.75, 3.05) is 31.1 Å². The van der Waals surface area contributed by atoms with E-state index in [9.17, 15) is 9.90 Å². The summed E-state index contributed by atoms with van der Waals surface area (Å²) in [7, 11) is 0. The number of hydrogen-bond donors (Lipinski definition) is 1. The third-order valence-electron chi connectivity index (χ3n) is 4.96. The van der Waals surface area contributed by atoms with Crippen LogP contribution < -0.4 is 4.90 Å². The first-order chi connectivity index (χ1) is 12.6. The Morgan fingerprint density at radius 3 is 2.31 bits per heavy atom. The molecule has 0 spiro atoms. The van der Waals surface area contributed by atoms with Crippen LogP contribution in [0.5, 0.6) is 0 Å². The van der Waals surface area contributed by atoms with Gasteiger partial charge in [0.05, 0.1) is 5.69 Å². The first kappa shape index (κ1) is 18.3. The number of aryl methyl sites for hydroxylation is 1. The van der Waals surface area contributed by atoms with Gasteiger partial charge >= 0.3 is 5.97 Å².